The van der Waals surface area contributed by atoms with Gasteiger partial charge in [-0.3, -0.25) is 29.4 Å². The molecule has 1 aromatic carbocycles. The molecule has 0 radical (unpaired) electrons. The number of carbonyl (C=O) groups excluding carboxylic acids is 4. The van der Waals surface area contributed by atoms with Crippen LogP contribution in [0.4, 0.5) is 0 Å². The molecule has 2 aliphatic rings. The van der Waals surface area contributed by atoms with Gasteiger partial charge in [0.15, 0.2) is 0 Å². The zero-order valence-electron chi connectivity index (χ0n) is 10.2. The summed E-state index contributed by atoms with van der Waals surface area (Å²) in [6.45, 7) is 0. The average molecular weight is 274 g/mol. The van der Waals surface area contributed by atoms with Gasteiger partial charge < -0.3 is 5.11 Å². The van der Waals surface area contributed by atoms with Crippen molar-refractivity contribution < 1.29 is 24.3 Å². The number of amides is 4. The first-order valence-electron chi connectivity index (χ1n) is 5.99. The number of hydrogen-bond acceptors (Lipinski definition) is 5. The molecular formula is C13H10N2O5. The fraction of sp³-hybridized carbons (Fsp3) is 0.231. The standard InChI is InChI=1S/C13H10N2O5/c16-8-5-9(17)14-11(18)10(8)15-12(19)6-3-1-2-4-7(6)13(15)20/h1-4,8,10,16H,5H2,(H,14,17,18)/t8-,10-/m0/s1. The van der Waals surface area contributed by atoms with Crippen molar-refractivity contribution in [1.82, 2.24) is 10.2 Å². The van der Waals surface area contributed by atoms with Crippen molar-refractivity contribution in [1.29, 1.82) is 0 Å². The van der Waals surface area contributed by atoms with Crippen molar-refractivity contribution in [3.05, 3.63) is 35.4 Å². The number of imide groups is 2. The average Bonchev–Trinajstić information content (AvgIpc) is 2.64. The third-order valence-electron chi connectivity index (χ3n) is 3.39. The van der Waals surface area contributed by atoms with Crippen LogP contribution in [0.2, 0.25) is 0 Å². The first kappa shape index (κ1) is 12.5. The number of aliphatic hydroxyl groups excluding tert-OH is 1. The third kappa shape index (κ3) is 1.64. The lowest BCUT2D eigenvalue weighted by molar-refractivity contribution is -0.141. The molecule has 3 rings (SSSR count). The normalized spacial score (nSPS) is 25.8. The minimum Gasteiger partial charge on any atom is -0.390 e. The second-order valence-electron chi connectivity index (χ2n) is 4.65. The first-order chi connectivity index (χ1) is 9.50. The molecule has 1 fully saturated rings. The maximum Gasteiger partial charge on any atom is 0.262 e. The Morgan fingerprint density at radius 3 is 2.10 bits per heavy atom. The maximum absolute atomic E-state index is 12.2. The number of benzene rings is 1. The zero-order chi connectivity index (χ0) is 14.4. The highest BCUT2D eigenvalue weighted by Crippen LogP contribution is 2.27. The van der Waals surface area contributed by atoms with Crippen LogP contribution in [0.3, 0.4) is 0 Å². The first-order valence-corrected chi connectivity index (χ1v) is 5.99. The lowest BCUT2D eigenvalue weighted by atomic mass is 10.0. The van der Waals surface area contributed by atoms with E-state index in [2.05, 4.69) is 0 Å². The van der Waals surface area contributed by atoms with Crippen molar-refractivity contribution in [3.8, 4) is 0 Å². The van der Waals surface area contributed by atoms with E-state index in [1.807, 2.05) is 5.32 Å². The van der Waals surface area contributed by atoms with Gasteiger partial charge in [0.05, 0.1) is 23.7 Å². The highest BCUT2D eigenvalue weighted by atomic mass is 16.3. The van der Waals surface area contributed by atoms with Crippen LogP contribution in [0.15, 0.2) is 24.3 Å². The number of nitrogens with one attached hydrogen (secondary N) is 1. The molecule has 2 heterocycles. The number of piperidine rings is 1. The van der Waals surface area contributed by atoms with E-state index in [-0.39, 0.29) is 17.5 Å². The van der Waals surface area contributed by atoms with Crippen molar-refractivity contribution in [2.45, 2.75) is 18.6 Å². The Hall–Kier alpha value is -2.54. The van der Waals surface area contributed by atoms with E-state index in [0.717, 1.165) is 4.90 Å². The Labute approximate surface area is 113 Å². The van der Waals surface area contributed by atoms with E-state index in [4.69, 9.17) is 0 Å². The van der Waals surface area contributed by atoms with Crippen molar-refractivity contribution in [2.24, 2.45) is 0 Å². The maximum atomic E-state index is 12.2. The summed E-state index contributed by atoms with van der Waals surface area (Å²) < 4.78 is 0. The van der Waals surface area contributed by atoms with Crippen molar-refractivity contribution >= 4 is 23.6 Å². The monoisotopic (exact) mass is 274 g/mol. The van der Waals surface area contributed by atoms with Crippen LogP contribution in [-0.2, 0) is 9.59 Å². The van der Waals surface area contributed by atoms with Gasteiger partial charge in [-0.2, -0.15) is 0 Å². The summed E-state index contributed by atoms with van der Waals surface area (Å²) in [5, 5.41) is 11.9. The predicted molar refractivity (Wildman–Crippen MR) is 64.5 cm³/mol. The Morgan fingerprint density at radius 1 is 1.05 bits per heavy atom. The van der Waals surface area contributed by atoms with Gasteiger partial charge in [0.2, 0.25) is 5.91 Å². The number of hydrogen-bond donors (Lipinski definition) is 2. The topological polar surface area (TPSA) is 104 Å². The molecule has 2 aliphatic heterocycles. The summed E-state index contributed by atoms with van der Waals surface area (Å²) in [4.78, 5) is 48.1. The van der Waals surface area contributed by atoms with Crippen LogP contribution in [0.1, 0.15) is 27.1 Å². The second kappa shape index (κ2) is 4.24. The lowest BCUT2D eigenvalue weighted by Crippen LogP contribution is -2.60. The van der Waals surface area contributed by atoms with Crippen LogP contribution in [-0.4, -0.2) is 45.8 Å². The van der Waals surface area contributed by atoms with Crippen molar-refractivity contribution in [2.75, 3.05) is 0 Å². The molecule has 20 heavy (non-hydrogen) atoms. The Balaban J connectivity index is 2.00. The van der Waals surface area contributed by atoms with Gasteiger partial charge in [0, 0.05) is 0 Å². The quantitative estimate of drug-likeness (QED) is 0.643. The van der Waals surface area contributed by atoms with E-state index >= 15 is 0 Å². The largest absolute Gasteiger partial charge is 0.390 e. The molecule has 1 saturated heterocycles. The van der Waals surface area contributed by atoms with Crippen LogP contribution in [0, 0.1) is 0 Å². The molecule has 7 nitrogen and oxygen atoms in total. The molecule has 0 bridgehead atoms. The molecule has 0 spiro atoms. The summed E-state index contributed by atoms with van der Waals surface area (Å²) in [5.41, 5.74) is 0.379. The fourth-order valence-electron chi connectivity index (χ4n) is 2.49. The molecule has 2 N–H and O–H groups in total. The van der Waals surface area contributed by atoms with Gasteiger partial charge in [-0.05, 0) is 12.1 Å². The van der Waals surface area contributed by atoms with Crippen LogP contribution in [0.5, 0.6) is 0 Å². The summed E-state index contributed by atoms with van der Waals surface area (Å²) in [5.74, 6) is -2.75. The molecule has 0 unspecified atom stereocenters. The molecule has 0 aliphatic carbocycles. The predicted octanol–water partition coefficient (Wildman–Crippen LogP) is -0.941. The molecular weight excluding hydrogens is 264 g/mol. The molecule has 2 atom stereocenters. The Morgan fingerprint density at radius 2 is 1.60 bits per heavy atom. The van der Waals surface area contributed by atoms with Crippen molar-refractivity contribution in [3.63, 3.8) is 0 Å². The number of carbonyl (C=O) groups is 4. The fourth-order valence-corrected chi connectivity index (χ4v) is 2.49. The van der Waals surface area contributed by atoms with Gasteiger partial charge in [-0.15, -0.1) is 0 Å². The van der Waals surface area contributed by atoms with Crippen LogP contribution >= 0.6 is 0 Å². The van der Waals surface area contributed by atoms with E-state index in [9.17, 15) is 24.3 Å². The highest BCUT2D eigenvalue weighted by molar-refractivity contribution is 6.23. The summed E-state index contributed by atoms with van der Waals surface area (Å²) in [6.07, 6.45) is -1.72. The molecule has 0 aromatic heterocycles. The van der Waals surface area contributed by atoms with E-state index in [0.29, 0.717) is 0 Å². The molecule has 0 saturated carbocycles. The number of rotatable bonds is 1. The molecule has 102 valence electrons. The smallest absolute Gasteiger partial charge is 0.262 e. The Bertz CT molecular complexity index is 619. The van der Waals surface area contributed by atoms with Gasteiger partial charge >= 0.3 is 0 Å². The minimum atomic E-state index is -1.39. The van der Waals surface area contributed by atoms with Crippen LogP contribution < -0.4 is 5.32 Å². The molecule has 7 heteroatoms. The SMILES string of the molecule is O=C1C[C@H](O)[C@H](N2C(=O)c3ccccc3C2=O)C(=O)N1. The van der Waals surface area contributed by atoms with Gasteiger partial charge in [0.25, 0.3) is 17.7 Å². The summed E-state index contributed by atoms with van der Waals surface area (Å²) >= 11 is 0. The summed E-state index contributed by atoms with van der Waals surface area (Å²) in [6, 6.07) is 4.80. The highest BCUT2D eigenvalue weighted by Gasteiger charge is 2.48. The minimum absolute atomic E-state index is 0.189. The third-order valence-corrected chi connectivity index (χ3v) is 3.39. The van der Waals surface area contributed by atoms with Gasteiger partial charge in [0.1, 0.15) is 6.04 Å². The van der Waals surface area contributed by atoms with Gasteiger partial charge in [-0.25, -0.2) is 0 Å². The van der Waals surface area contributed by atoms with Gasteiger partial charge in [-0.1, -0.05) is 12.1 Å². The second-order valence-corrected chi connectivity index (χ2v) is 4.65. The molecule has 1 aromatic rings. The molecule has 4 amide bonds. The van der Waals surface area contributed by atoms with E-state index < -0.39 is 35.8 Å². The Kier molecular flexibility index (Phi) is 2.65. The number of nitrogens with zero attached hydrogens (tertiary/aromatic N) is 1. The van der Waals surface area contributed by atoms with Crippen LogP contribution in [0.25, 0.3) is 0 Å². The zero-order valence-corrected chi connectivity index (χ0v) is 10.2. The van der Waals surface area contributed by atoms with E-state index in [1.165, 1.54) is 12.1 Å². The number of aliphatic hydroxyl groups is 1. The van der Waals surface area contributed by atoms with E-state index in [1.54, 1.807) is 12.1 Å². The lowest BCUT2D eigenvalue weighted by Gasteiger charge is -2.31. The summed E-state index contributed by atoms with van der Waals surface area (Å²) in [7, 11) is 0. The number of fused-ring (bicyclic) bond motifs is 1.